The van der Waals surface area contributed by atoms with Crippen LogP contribution in [0.1, 0.15) is 24.4 Å². The molecule has 0 amide bonds. The highest BCUT2D eigenvalue weighted by Gasteiger charge is 2.36. The number of rotatable bonds is 7. The lowest BCUT2D eigenvalue weighted by atomic mass is 10.0. The van der Waals surface area contributed by atoms with Gasteiger partial charge in [-0.2, -0.15) is 4.31 Å². The van der Waals surface area contributed by atoms with E-state index in [0.29, 0.717) is 24.6 Å². The lowest BCUT2D eigenvalue weighted by Crippen LogP contribution is -2.34. The maximum atomic E-state index is 13.2. The zero-order valence-electron chi connectivity index (χ0n) is 16.6. The van der Waals surface area contributed by atoms with E-state index < -0.39 is 10.0 Å². The maximum absolute atomic E-state index is 13.2. The predicted molar refractivity (Wildman–Crippen MR) is 112 cm³/mol. The second kappa shape index (κ2) is 8.04. The first-order valence-electron chi connectivity index (χ1n) is 9.65. The molecule has 7 nitrogen and oxygen atoms in total. The monoisotopic (exact) mass is 415 g/mol. The number of hydrogen-bond acceptors (Lipinski definition) is 5. The standard InChI is InChI=1S/C21H25N3O4S/c1-27-16-9-10-17(21(14-16)28-2)19-8-5-11-24(19)29(25,26)13-12-23-15-22-18-6-3-4-7-20(18)23/h3-4,6-7,9-10,14-15,19H,5,8,11-13H2,1-2H3/t19-/m1/s1. The number of aryl methyl sites for hydroxylation is 1. The molecule has 1 aliphatic heterocycles. The number of fused-ring (bicyclic) bond motifs is 1. The fourth-order valence-electron chi connectivity index (χ4n) is 4.00. The molecule has 4 rings (SSSR count). The van der Waals surface area contributed by atoms with Crippen LogP contribution in [0.15, 0.2) is 48.8 Å². The molecule has 3 aromatic rings. The van der Waals surface area contributed by atoms with Gasteiger partial charge < -0.3 is 14.0 Å². The van der Waals surface area contributed by atoms with Gasteiger partial charge in [0.1, 0.15) is 11.5 Å². The first-order valence-corrected chi connectivity index (χ1v) is 11.3. The largest absolute Gasteiger partial charge is 0.497 e. The first kappa shape index (κ1) is 19.7. The van der Waals surface area contributed by atoms with Gasteiger partial charge in [-0.3, -0.25) is 0 Å². The van der Waals surface area contributed by atoms with E-state index in [1.165, 1.54) is 0 Å². The van der Waals surface area contributed by atoms with Gasteiger partial charge in [-0.05, 0) is 31.0 Å². The highest BCUT2D eigenvalue weighted by Crippen LogP contribution is 2.40. The van der Waals surface area contributed by atoms with E-state index in [9.17, 15) is 8.42 Å². The van der Waals surface area contributed by atoms with E-state index in [-0.39, 0.29) is 11.8 Å². The molecule has 0 radical (unpaired) electrons. The molecular formula is C21H25N3O4S. The van der Waals surface area contributed by atoms with Crippen LogP contribution in [0.4, 0.5) is 0 Å². The van der Waals surface area contributed by atoms with Crippen molar-refractivity contribution in [3.8, 4) is 11.5 Å². The average Bonchev–Trinajstić information content (AvgIpc) is 3.39. The van der Waals surface area contributed by atoms with Crippen molar-refractivity contribution in [2.24, 2.45) is 0 Å². The Labute approximate surface area is 170 Å². The minimum Gasteiger partial charge on any atom is -0.497 e. The van der Waals surface area contributed by atoms with Crippen molar-refractivity contribution in [3.63, 3.8) is 0 Å². The summed E-state index contributed by atoms with van der Waals surface area (Å²) in [5.41, 5.74) is 2.69. The Balaban J connectivity index is 1.56. The summed E-state index contributed by atoms with van der Waals surface area (Å²) in [5, 5.41) is 0. The van der Waals surface area contributed by atoms with Crippen LogP contribution in [-0.2, 0) is 16.6 Å². The Morgan fingerprint density at radius 2 is 1.97 bits per heavy atom. The number of para-hydroxylation sites is 2. The van der Waals surface area contributed by atoms with E-state index in [1.807, 2.05) is 41.0 Å². The van der Waals surface area contributed by atoms with E-state index in [1.54, 1.807) is 30.9 Å². The smallest absolute Gasteiger partial charge is 0.216 e. The van der Waals surface area contributed by atoms with Gasteiger partial charge >= 0.3 is 0 Å². The van der Waals surface area contributed by atoms with Crippen LogP contribution < -0.4 is 9.47 Å². The van der Waals surface area contributed by atoms with Crippen LogP contribution in [0.5, 0.6) is 11.5 Å². The van der Waals surface area contributed by atoms with E-state index >= 15 is 0 Å². The molecule has 1 saturated heterocycles. The van der Waals surface area contributed by atoms with Crippen LogP contribution in [0.3, 0.4) is 0 Å². The summed E-state index contributed by atoms with van der Waals surface area (Å²) in [6.45, 7) is 0.888. The lowest BCUT2D eigenvalue weighted by molar-refractivity contribution is 0.361. The molecule has 29 heavy (non-hydrogen) atoms. The van der Waals surface area contributed by atoms with Gasteiger partial charge in [0.25, 0.3) is 0 Å². The van der Waals surface area contributed by atoms with Crippen LogP contribution in [-0.4, -0.2) is 48.8 Å². The van der Waals surface area contributed by atoms with Gasteiger partial charge in [0.05, 0.1) is 43.4 Å². The van der Waals surface area contributed by atoms with Crippen LogP contribution in [0.25, 0.3) is 11.0 Å². The quantitative estimate of drug-likeness (QED) is 0.592. The van der Waals surface area contributed by atoms with Crippen molar-refractivity contribution in [3.05, 3.63) is 54.4 Å². The van der Waals surface area contributed by atoms with Gasteiger partial charge in [0.15, 0.2) is 0 Å². The third-order valence-corrected chi connectivity index (χ3v) is 7.33. The number of ether oxygens (including phenoxy) is 2. The van der Waals surface area contributed by atoms with Crippen LogP contribution in [0, 0.1) is 0 Å². The summed E-state index contributed by atoms with van der Waals surface area (Å²) in [5.74, 6) is 1.37. The zero-order valence-corrected chi connectivity index (χ0v) is 17.4. The average molecular weight is 416 g/mol. The van der Waals surface area contributed by atoms with E-state index in [2.05, 4.69) is 4.98 Å². The maximum Gasteiger partial charge on any atom is 0.216 e. The summed E-state index contributed by atoms with van der Waals surface area (Å²) >= 11 is 0. The van der Waals surface area contributed by atoms with Gasteiger partial charge in [-0.15, -0.1) is 0 Å². The Morgan fingerprint density at radius 3 is 2.76 bits per heavy atom. The number of sulfonamides is 1. The molecule has 1 fully saturated rings. The molecule has 8 heteroatoms. The summed E-state index contributed by atoms with van der Waals surface area (Å²) in [6.07, 6.45) is 3.30. The fraction of sp³-hybridized carbons (Fsp3) is 0.381. The third-order valence-electron chi connectivity index (χ3n) is 5.48. The van der Waals surface area contributed by atoms with Crippen molar-refractivity contribution in [2.75, 3.05) is 26.5 Å². The molecule has 0 unspecified atom stereocenters. The van der Waals surface area contributed by atoms with Gasteiger partial charge in [-0.1, -0.05) is 18.2 Å². The van der Waals surface area contributed by atoms with Crippen molar-refractivity contribution >= 4 is 21.1 Å². The molecule has 2 aromatic carbocycles. The second-order valence-corrected chi connectivity index (χ2v) is 9.16. The SMILES string of the molecule is COc1ccc([C@H]2CCCN2S(=O)(=O)CCn2cnc3ccccc32)c(OC)c1. The molecule has 1 atom stereocenters. The van der Waals surface area contributed by atoms with Crippen molar-refractivity contribution < 1.29 is 17.9 Å². The van der Waals surface area contributed by atoms with Gasteiger partial charge in [0, 0.05) is 24.7 Å². The zero-order chi connectivity index (χ0) is 20.4. The summed E-state index contributed by atoms with van der Waals surface area (Å²) in [6, 6.07) is 13.1. The topological polar surface area (TPSA) is 73.7 Å². The van der Waals surface area contributed by atoms with Crippen molar-refractivity contribution in [2.45, 2.75) is 25.4 Å². The highest BCUT2D eigenvalue weighted by atomic mass is 32.2. The molecule has 0 bridgehead atoms. The lowest BCUT2D eigenvalue weighted by Gasteiger charge is -2.26. The molecule has 0 saturated carbocycles. The number of aromatic nitrogens is 2. The summed E-state index contributed by atoms with van der Waals surface area (Å²) < 4.78 is 40.7. The third kappa shape index (κ3) is 3.82. The minimum atomic E-state index is -3.44. The highest BCUT2D eigenvalue weighted by molar-refractivity contribution is 7.89. The molecule has 154 valence electrons. The number of nitrogens with zero attached hydrogens (tertiary/aromatic N) is 3. The predicted octanol–water partition coefficient (Wildman–Crippen LogP) is 3.22. The Morgan fingerprint density at radius 1 is 1.14 bits per heavy atom. The van der Waals surface area contributed by atoms with E-state index in [0.717, 1.165) is 29.4 Å². The van der Waals surface area contributed by atoms with E-state index in [4.69, 9.17) is 9.47 Å². The molecule has 1 aromatic heterocycles. The molecule has 0 spiro atoms. The molecule has 2 heterocycles. The van der Waals surface area contributed by atoms with Crippen LogP contribution >= 0.6 is 0 Å². The Hall–Kier alpha value is -2.58. The fourth-order valence-corrected chi connectivity index (χ4v) is 5.67. The normalized spacial score (nSPS) is 17.7. The van der Waals surface area contributed by atoms with Crippen molar-refractivity contribution in [1.82, 2.24) is 13.9 Å². The second-order valence-electron chi connectivity index (χ2n) is 7.12. The minimum absolute atomic E-state index is 0.0301. The summed E-state index contributed by atoms with van der Waals surface area (Å²) in [4.78, 5) is 4.34. The van der Waals surface area contributed by atoms with Crippen LogP contribution in [0.2, 0.25) is 0 Å². The Kier molecular flexibility index (Phi) is 5.47. The number of methoxy groups -OCH3 is 2. The molecule has 0 N–H and O–H groups in total. The first-order chi connectivity index (χ1) is 14.0. The molecular weight excluding hydrogens is 390 g/mol. The Bertz CT molecular complexity index is 1110. The molecule has 1 aliphatic rings. The van der Waals surface area contributed by atoms with Gasteiger partial charge in [-0.25, -0.2) is 13.4 Å². The van der Waals surface area contributed by atoms with Gasteiger partial charge in [0.2, 0.25) is 10.0 Å². The number of hydrogen-bond donors (Lipinski definition) is 0. The molecule has 0 aliphatic carbocycles. The number of imidazole rings is 1. The number of benzene rings is 2. The summed E-state index contributed by atoms with van der Waals surface area (Å²) in [7, 11) is -0.254. The van der Waals surface area contributed by atoms with Crippen molar-refractivity contribution in [1.29, 1.82) is 0 Å².